The van der Waals surface area contributed by atoms with Crippen LogP contribution >= 0.6 is 11.3 Å². The maximum atomic E-state index is 12.7. The van der Waals surface area contributed by atoms with E-state index in [-0.39, 0.29) is 5.91 Å². The number of rotatable bonds is 6. The van der Waals surface area contributed by atoms with Crippen LogP contribution in [-0.2, 0) is 28.8 Å². The molecule has 1 aliphatic rings. The summed E-state index contributed by atoms with van der Waals surface area (Å²) in [7, 11) is 1.37. The second kappa shape index (κ2) is 8.78. The number of carbonyl (C=O) groups excluding carboxylic acids is 2. The number of nitrogens with one attached hydrogen (secondary N) is 1. The molecule has 150 valence electrons. The Balaban J connectivity index is 1.76. The van der Waals surface area contributed by atoms with Gasteiger partial charge in [-0.25, -0.2) is 4.79 Å². The fraction of sp³-hybridized carbons (Fsp3) is 0.455. The third-order valence-corrected chi connectivity index (χ3v) is 6.32. The molecule has 0 fully saturated rings. The lowest BCUT2D eigenvalue weighted by atomic mass is 9.88. The summed E-state index contributed by atoms with van der Waals surface area (Å²) in [4.78, 5) is 26.2. The van der Waals surface area contributed by atoms with Crippen molar-refractivity contribution in [1.29, 1.82) is 0 Å². The van der Waals surface area contributed by atoms with Gasteiger partial charge in [0.25, 0.3) is 5.91 Å². The third kappa shape index (κ3) is 4.38. The van der Waals surface area contributed by atoms with E-state index in [9.17, 15) is 9.59 Å². The molecule has 2 atom stereocenters. The molecule has 2 unspecified atom stereocenters. The van der Waals surface area contributed by atoms with Crippen LogP contribution in [0, 0.1) is 5.92 Å². The lowest BCUT2D eigenvalue weighted by molar-refractivity contribution is -0.122. The monoisotopic (exact) mass is 401 g/mol. The van der Waals surface area contributed by atoms with Gasteiger partial charge in [0, 0.05) is 4.88 Å². The number of carbonyl (C=O) groups is 2. The first-order chi connectivity index (χ1) is 13.4. The number of anilines is 1. The fourth-order valence-corrected chi connectivity index (χ4v) is 4.83. The van der Waals surface area contributed by atoms with Gasteiger partial charge >= 0.3 is 5.97 Å². The molecule has 1 aromatic carbocycles. The maximum absolute atomic E-state index is 12.7. The van der Waals surface area contributed by atoms with Crippen molar-refractivity contribution >= 4 is 28.2 Å². The number of aryl methyl sites for hydroxylation is 1. The Hall–Kier alpha value is -2.34. The fourth-order valence-electron chi connectivity index (χ4n) is 3.43. The van der Waals surface area contributed by atoms with Crippen molar-refractivity contribution in [1.82, 2.24) is 0 Å². The molecule has 1 heterocycles. The minimum absolute atomic E-state index is 0.281. The van der Waals surface area contributed by atoms with Crippen LogP contribution in [0.25, 0.3) is 0 Å². The smallest absolute Gasteiger partial charge is 0.341 e. The van der Waals surface area contributed by atoms with Crippen molar-refractivity contribution in [3.8, 4) is 5.75 Å². The minimum atomic E-state index is -0.684. The Morgan fingerprint density at radius 3 is 2.64 bits per heavy atom. The van der Waals surface area contributed by atoms with Crippen molar-refractivity contribution in [2.75, 3.05) is 12.4 Å². The van der Waals surface area contributed by atoms with Gasteiger partial charge in [-0.2, -0.15) is 0 Å². The Labute approximate surface area is 170 Å². The summed E-state index contributed by atoms with van der Waals surface area (Å²) >= 11 is 1.48. The van der Waals surface area contributed by atoms with Crippen LogP contribution in [0.5, 0.6) is 5.75 Å². The van der Waals surface area contributed by atoms with Crippen molar-refractivity contribution in [3.63, 3.8) is 0 Å². The summed E-state index contributed by atoms with van der Waals surface area (Å²) in [6.45, 7) is 6.00. The Morgan fingerprint density at radius 2 is 2.00 bits per heavy atom. The molecule has 0 spiro atoms. The van der Waals surface area contributed by atoms with Crippen LogP contribution < -0.4 is 10.1 Å². The van der Waals surface area contributed by atoms with Gasteiger partial charge in [0.1, 0.15) is 10.8 Å². The number of methoxy groups -OCH3 is 1. The summed E-state index contributed by atoms with van der Waals surface area (Å²) in [6, 6.07) is 7.72. The quantitative estimate of drug-likeness (QED) is 0.717. The third-order valence-electron chi connectivity index (χ3n) is 5.15. The molecule has 1 aliphatic carbocycles. The zero-order chi connectivity index (χ0) is 20.3. The molecule has 1 N–H and O–H groups in total. The first kappa shape index (κ1) is 20.4. The number of fused-ring (bicyclic) bond motifs is 1. The predicted molar refractivity (Wildman–Crippen MR) is 111 cm³/mol. The SMILES string of the molecule is CCc1ccc(OC(C)C(=O)Nc2sc3c(c2C(=O)OC)CCC(C)C3)cc1. The largest absolute Gasteiger partial charge is 0.481 e. The molecule has 1 amide bonds. The molecule has 5 nitrogen and oxygen atoms in total. The first-order valence-corrected chi connectivity index (χ1v) is 10.5. The van der Waals surface area contributed by atoms with E-state index in [4.69, 9.17) is 9.47 Å². The van der Waals surface area contributed by atoms with Gasteiger partial charge in [-0.3, -0.25) is 4.79 Å². The van der Waals surface area contributed by atoms with Crippen molar-refractivity contribution in [3.05, 3.63) is 45.8 Å². The highest BCUT2D eigenvalue weighted by Gasteiger charge is 2.29. The number of ether oxygens (including phenoxy) is 2. The van der Waals surface area contributed by atoms with Crippen LogP contribution in [0.4, 0.5) is 5.00 Å². The minimum Gasteiger partial charge on any atom is -0.481 e. The first-order valence-electron chi connectivity index (χ1n) is 9.72. The van der Waals surface area contributed by atoms with E-state index in [2.05, 4.69) is 19.2 Å². The molecular formula is C22H27NO4S. The highest BCUT2D eigenvalue weighted by molar-refractivity contribution is 7.17. The van der Waals surface area contributed by atoms with Crippen molar-refractivity contribution in [2.45, 2.75) is 52.6 Å². The topological polar surface area (TPSA) is 64.6 Å². The van der Waals surface area contributed by atoms with Gasteiger partial charge in [0.15, 0.2) is 6.10 Å². The van der Waals surface area contributed by atoms with Crippen molar-refractivity contribution in [2.24, 2.45) is 5.92 Å². The maximum Gasteiger partial charge on any atom is 0.341 e. The highest BCUT2D eigenvalue weighted by atomic mass is 32.1. The molecule has 0 radical (unpaired) electrons. The van der Waals surface area contributed by atoms with Gasteiger partial charge in [-0.1, -0.05) is 26.0 Å². The van der Waals surface area contributed by atoms with E-state index in [1.165, 1.54) is 24.0 Å². The van der Waals surface area contributed by atoms with Crippen LogP contribution in [0.1, 0.15) is 53.6 Å². The van der Waals surface area contributed by atoms with Gasteiger partial charge in [0.05, 0.1) is 12.7 Å². The van der Waals surface area contributed by atoms with Crippen LogP contribution in [0.2, 0.25) is 0 Å². The van der Waals surface area contributed by atoms with Crippen molar-refractivity contribution < 1.29 is 19.1 Å². The average molecular weight is 402 g/mol. The zero-order valence-electron chi connectivity index (χ0n) is 16.8. The van der Waals surface area contributed by atoms with E-state index in [0.717, 1.165) is 36.1 Å². The van der Waals surface area contributed by atoms with Gasteiger partial charge < -0.3 is 14.8 Å². The van der Waals surface area contributed by atoms with Gasteiger partial charge in [-0.15, -0.1) is 11.3 Å². The molecule has 1 aromatic heterocycles. The standard InChI is InChI=1S/C22H27NO4S/c1-5-15-7-9-16(10-8-15)27-14(3)20(24)23-21-19(22(25)26-4)17-11-6-13(2)12-18(17)28-21/h7-10,13-14H,5-6,11-12H2,1-4H3,(H,23,24). The Morgan fingerprint density at radius 1 is 1.29 bits per heavy atom. The molecule has 2 aromatic rings. The van der Waals surface area contributed by atoms with Crippen LogP contribution in [-0.4, -0.2) is 25.1 Å². The second-order valence-electron chi connectivity index (χ2n) is 7.29. The lowest BCUT2D eigenvalue weighted by Crippen LogP contribution is -2.30. The average Bonchev–Trinajstić information content (AvgIpc) is 3.04. The molecule has 3 rings (SSSR count). The van der Waals surface area contributed by atoms with E-state index in [1.807, 2.05) is 24.3 Å². The molecule has 6 heteroatoms. The molecule has 28 heavy (non-hydrogen) atoms. The number of hydrogen-bond acceptors (Lipinski definition) is 5. The lowest BCUT2D eigenvalue weighted by Gasteiger charge is -2.18. The second-order valence-corrected chi connectivity index (χ2v) is 8.40. The van der Waals surface area contributed by atoms with Gasteiger partial charge in [0.2, 0.25) is 0 Å². The molecule has 0 saturated carbocycles. The molecule has 0 saturated heterocycles. The van der Waals surface area contributed by atoms with E-state index >= 15 is 0 Å². The van der Waals surface area contributed by atoms with E-state index in [0.29, 0.717) is 22.2 Å². The number of thiophene rings is 1. The molecule has 0 aliphatic heterocycles. The Bertz CT molecular complexity index is 856. The molecular weight excluding hydrogens is 374 g/mol. The summed E-state index contributed by atoms with van der Waals surface area (Å²) in [6.07, 6.45) is 3.07. The number of amides is 1. The summed E-state index contributed by atoms with van der Waals surface area (Å²) in [5, 5.41) is 3.46. The summed E-state index contributed by atoms with van der Waals surface area (Å²) in [5.74, 6) is 0.545. The molecule has 0 bridgehead atoms. The number of hydrogen-bond donors (Lipinski definition) is 1. The van der Waals surface area contributed by atoms with Gasteiger partial charge in [-0.05, 0) is 61.8 Å². The highest BCUT2D eigenvalue weighted by Crippen LogP contribution is 2.40. The normalized spacial score (nSPS) is 16.8. The number of esters is 1. The predicted octanol–water partition coefficient (Wildman–Crippen LogP) is 4.63. The van der Waals surface area contributed by atoms with Crippen LogP contribution in [0.3, 0.4) is 0 Å². The van der Waals surface area contributed by atoms with E-state index < -0.39 is 12.1 Å². The summed E-state index contributed by atoms with van der Waals surface area (Å²) < 4.78 is 10.7. The number of benzene rings is 1. The van der Waals surface area contributed by atoms with Crippen LogP contribution in [0.15, 0.2) is 24.3 Å². The zero-order valence-corrected chi connectivity index (χ0v) is 17.7. The summed E-state index contributed by atoms with van der Waals surface area (Å²) in [5.41, 5.74) is 2.74. The van der Waals surface area contributed by atoms with E-state index in [1.54, 1.807) is 6.92 Å². The Kier molecular flexibility index (Phi) is 6.39.